The average molecular weight is 286 g/mol. The Hall–Kier alpha value is -1.94. The fourth-order valence-corrected chi connectivity index (χ4v) is 2.48. The maximum atomic E-state index is 10.6. The van der Waals surface area contributed by atoms with Gasteiger partial charge in [0.2, 0.25) is 0 Å². The van der Waals surface area contributed by atoms with Gasteiger partial charge in [0.1, 0.15) is 5.75 Å². The lowest BCUT2D eigenvalue weighted by Crippen LogP contribution is -2.09. The molecule has 0 saturated carbocycles. The van der Waals surface area contributed by atoms with Crippen molar-refractivity contribution >= 4 is 0 Å². The van der Waals surface area contributed by atoms with Gasteiger partial charge in [0.25, 0.3) is 0 Å². The first kappa shape index (κ1) is 15.4. The molecule has 112 valence electrons. The molecule has 1 aromatic heterocycles. The fourth-order valence-electron chi connectivity index (χ4n) is 2.48. The molecule has 0 fully saturated rings. The molecule has 1 aromatic carbocycles. The van der Waals surface area contributed by atoms with Crippen molar-refractivity contribution in [3.8, 4) is 5.75 Å². The van der Waals surface area contributed by atoms with E-state index in [2.05, 4.69) is 16.3 Å². The second kappa shape index (κ2) is 6.68. The van der Waals surface area contributed by atoms with Gasteiger partial charge in [0, 0.05) is 12.0 Å². The highest BCUT2D eigenvalue weighted by Crippen LogP contribution is 2.27. The van der Waals surface area contributed by atoms with Gasteiger partial charge in [-0.05, 0) is 38.0 Å². The van der Waals surface area contributed by atoms with E-state index < -0.39 is 6.10 Å². The third-order valence-corrected chi connectivity index (χ3v) is 3.57. The number of rotatable bonds is 5. The van der Waals surface area contributed by atoms with Crippen molar-refractivity contribution < 1.29 is 9.84 Å². The number of nitrogens with zero attached hydrogens (tertiary/aromatic N) is 2. The molecule has 1 heterocycles. The van der Waals surface area contributed by atoms with Crippen LogP contribution in [0.2, 0.25) is 0 Å². The molecule has 4 heteroatoms. The van der Waals surface area contributed by atoms with Crippen LogP contribution >= 0.6 is 0 Å². The van der Waals surface area contributed by atoms with Gasteiger partial charge in [0.15, 0.2) is 0 Å². The molecule has 2 aromatic rings. The van der Waals surface area contributed by atoms with E-state index in [4.69, 9.17) is 4.74 Å². The highest BCUT2D eigenvalue weighted by molar-refractivity contribution is 5.38. The van der Waals surface area contributed by atoms with Crippen molar-refractivity contribution in [1.82, 2.24) is 10.2 Å². The van der Waals surface area contributed by atoms with Gasteiger partial charge in [-0.15, -0.1) is 0 Å². The van der Waals surface area contributed by atoms with Gasteiger partial charge in [-0.2, -0.15) is 10.2 Å². The molecule has 0 aliphatic heterocycles. The number of hydrogen-bond acceptors (Lipinski definition) is 4. The number of benzene rings is 1. The highest BCUT2D eigenvalue weighted by Gasteiger charge is 2.16. The lowest BCUT2D eigenvalue weighted by molar-refractivity contribution is 0.175. The summed E-state index contributed by atoms with van der Waals surface area (Å²) in [7, 11) is 1.65. The fraction of sp³-hybridized carbons (Fsp3) is 0.412. The first-order valence-corrected chi connectivity index (χ1v) is 7.19. The molecular weight excluding hydrogens is 264 g/mol. The molecule has 4 nitrogen and oxygen atoms in total. The first-order valence-electron chi connectivity index (χ1n) is 7.19. The lowest BCUT2D eigenvalue weighted by Gasteiger charge is -2.16. The second-order valence-electron chi connectivity index (χ2n) is 5.28. The van der Waals surface area contributed by atoms with Crippen LogP contribution in [0.4, 0.5) is 0 Å². The third kappa shape index (κ3) is 3.58. The largest absolute Gasteiger partial charge is 0.496 e. The number of methoxy groups -OCH3 is 1. The summed E-state index contributed by atoms with van der Waals surface area (Å²) in [5.74, 6) is 0.802. The number of aryl methyl sites for hydroxylation is 3. The van der Waals surface area contributed by atoms with E-state index in [1.807, 2.05) is 39.0 Å². The minimum Gasteiger partial charge on any atom is -0.496 e. The Morgan fingerprint density at radius 3 is 2.62 bits per heavy atom. The molecule has 1 atom stereocenters. The summed E-state index contributed by atoms with van der Waals surface area (Å²) in [6.45, 7) is 5.93. The maximum absolute atomic E-state index is 10.6. The molecule has 2 rings (SSSR count). The van der Waals surface area contributed by atoms with E-state index >= 15 is 0 Å². The van der Waals surface area contributed by atoms with Crippen molar-refractivity contribution in [3.05, 3.63) is 52.3 Å². The van der Waals surface area contributed by atoms with Crippen LogP contribution in [0.5, 0.6) is 5.75 Å². The topological polar surface area (TPSA) is 55.2 Å². The minimum absolute atomic E-state index is 0.503. The zero-order valence-electron chi connectivity index (χ0n) is 13.1. The normalized spacial score (nSPS) is 12.2. The number of aliphatic hydroxyl groups excluding tert-OH is 1. The number of hydrogen-bond donors (Lipinski definition) is 1. The van der Waals surface area contributed by atoms with Crippen LogP contribution in [-0.2, 0) is 12.8 Å². The van der Waals surface area contributed by atoms with Gasteiger partial charge in [-0.3, -0.25) is 0 Å². The molecule has 0 aliphatic carbocycles. The average Bonchev–Trinajstić information content (AvgIpc) is 2.47. The predicted molar refractivity (Wildman–Crippen MR) is 82.5 cm³/mol. The number of aromatic nitrogens is 2. The Labute approximate surface area is 125 Å². The van der Waals surface area contributed by atoms with Crippen LogP contribution in [0.1, 0.15) is 41.1 Å². The van der Waals surface area contributed by atoms with E-state index in [1.54, 1.807) is 7.11 Å². The van der Waals surface area contributed by atoms with E-state index in [9.17, 15) is 5.11 Å². The summed E-state index contributed by atoms with van der Waals surface area (Å²) in [4.78, 5) is 0. The zero-order chi connectivity index (χ0) is 15.4. The van der Waals surface area contributed by atoms with E-state index in [0.717, 1.165) is 40.2 Å². The quantitative estimate of drug-likeness (QED) is 0.918. The molecule has 0 aliphatic rings. The third-order valence-electron chi connectivity index (χ3n) is 3.57. The predicted octanol–water partition coefficient (Wildman–Crippen LogP) is 2.94. The van der Waals surface area contributed by atoms with Crippen molar-refractivity contribution in [3.63, 3.8) is 0 Å². The van der Waals surface area contributed by atoms with Gasteiger partial charge < -0.3 is 9.84 Å². The highest BCUT2D eigenvalue weighted by atomic mass is 16.5. The van der Waals surface area contributed by atoms with E-state index in [1.165, 1.54) is 0 Å². The molecule has 0 spiro atoms. The number of aliphatic hydroxyl groups is 1. The minimum atomic E-state index is -0.607. The first-order chi connectivity index (χ1) is 10.0. The molecule has 0 bridgehead atoms. The second-order valence-corrected chi connectivity index (χ2v) is 5.28. The molecular formula is C17H22N2O2. The van der Waals surface area contributed by atoms with Crippen molar-refractivity contribution in [2.75, 3.05) is 7.11 Å². The summed E-state index contributed by atoms with van der Waals surface area (Å²) in [5.41, 5.74) is 4.67. The smallest absolute Gasteiger partial charge is 0.122 e. The summed E-state index contributed by atoms with van der Waals surface area (Å²) in [6, 6.07) is 7.91. The summed E-state index contributed by atoms with van der Waals surface area (Å²) >= 11 is 0. The maximum Gasteiger partial charge on any atom is 0.122 e. The Balaban J connectivity index is 2.31. The molecule has 0 radical (unpaired) electrons. The Morgan fingerprint density at radius 2 is 1.95 bits per heavy atom. The lowest BCUT2D eigenvalue weighted by atomic mass is 9.97. The zero-order valence-corrected chi connectivity index (χ0v) is 13.1. The molecule has 21 heavy (non-hydrogen) atoms. The summed E-state index contributed by atoms with van der Waals surface area (Å²) in [6.07, 6.45) is 0.651. The molecule has 1 N–H and O–H groups in total. The summed E-state index contributed by atoms with van der Waals surface area (Å²) in [5, 5.41) is 18.8. The monoisotopic (exact) mass is 286 g/mol. The Kier molecular flexibility index (Phi) is 4.91. The van der Waals surface area contributed by atoms with Crippen molar-refractivity contribution in [1.29, 1.82) is 0 Å². The van der Waals surface area contributed by atoms with Gasteiger partial charge in [-0.1, -0.05) is 24.6 Å². The van der Waals surface area contributed by atoms with E-state index in [-0.39, 0.29) is 0 Å². The van der Waals surface area contributed by atoms with Gasteiger partial charge >= 0.3 is 0 Å². The Bertz CT molecular complexity index is 626. The van der Waals surface area contributed by atoms with Crippen molar-refractivity contribution in [2.24, 2.45) is 0 Å². The van der Waals surface area contributed by atoms with Crippen LogP contribution < -0.4 is 4.74 Å². The van der Waals surface area contributed by atoms with E-state index in [0.29, 0.717) is 6.42 Å². The Morgan fingerprint density at radius 1 is 1.19 bits per heavy atom. The molecule has 1 unspecified atom stereocenters. The van der Waals surface area contributed by atoms with Crippen LogP contribution in [0.25, 0.3) is 0 Å². The van der Waals surface area contributed by atoms with Crippen molar-refractivity contribution in [2.45, 2.75) is 39.7 Å². The van der Waals surface area contributed by atoms with Crippen LogP contribution in [0.15, 0.2) is 24.3 Å². The standard InChI is InChI=1S/C17H22N2O2/c1-5-15-14(9-12(3)18-19-15)16(20)10-13-8-11(2)6-7-17(13)21-4/h6-9,16,20H,5,10H2,1-4H3. The number of ether oxygens (including phenoxy) is 1. The van der Waals surface area contributed by atoms with Crippen LogP contribution in [0.3, 0.4) is 0 Å². The van der Waals surface area contributed by atoms with Gasteiger partial charge in [-0.25, -0.2) is 0 Å². The SMILES string of the molecule is CCc1nnc(C)cc1C(O)Cc1cc(C)ccc1OC. The van der Waals surface area contributed by atoms with Crippen LogP contribution in [-0.4, -0.2) is 22.4 Å². The molecule has 0 amide bonds. The summed E-state index contributed by atoms with van der Waals surface area (Å²) < 4.78 is 5.38. The molecule has 0 saturated heterocycles. The van der Waals surface area contributed by atoms with Gasteiger partial charge in [0.05, 0.1) is 24.6 Å². The van der Waals surface area contributed by atoms with Crippen LogP contribution in [0, 0.1) is 13.8 Å².